The number of aliphatic hydroxyl groups is 1. The van der Waals surface area contributed by atoms with E-state index in [1.54, 1.807) is 12.3 Å². The number of epoxide rings is 1. The van der Waals surface area contributed by atoms with Crippen molar-refractivity contribution in [2.24, 2.45) is 28.6 Å². The van der Waals surface area contributed by atoms with Gasteiger partial charge in [-0.05, 0) is 92.1 Å². The first-order valence-corrected chi connectivity index (χ1v) is 13.5. The molecule has 1 spiro atoms. The third-order valence-electron chi connectivity index (χ3n) is 10.9. The Hall–Kier alpha value is -2.72. The summed E-state index contributed by atoms with van der Waals surface area (Å²) in [4.78, 5) is 21.9. The minimum atomic E-state index is -0.266. The lowest BCUT2D eigenvalue weighted by Crippen LogP contribution is -2.58. The van der Waals surface area contributed by atoms with Gasteiger partial charge in [-0.25, -0.2) is 4.79 Å². The summed E-state index contributed by atoms with van der Waals surface area (Å²) in [6.07, 6.45) is 11.1. The van der Waals surface area contributed by atoms with Crippen LogP contribution in [0.3, 0.4) is 0 Å². The van der Waals surface area contributed by atoms with E-state index in [9.17, 15) is 9.90 Å². The van der Waals surface area contributed by atoms with Gasteiger partial charge in [-0.3, -0.25) is 0 Å². The van der Waals surface area contributed by atoms with Crippen LogP contribution in [0, 0.1) is 28.6 Å². The summed E-state index contributed by atoms with van der Waals surface area (Å²) in [5.74, 6) is 2.60. The predicted molar refractivity (Wildman–Crippen MR) is 138 cm³/mol. The van der Waals surface area contributed by atoms with Crippen molar-refractivity contribution >= 4 is 17.8 Å². The lowest BCUT2D eigenvalue weighted by molar-refractivity contribution is -0.139. The Labute approximate surface area is 216 Å². The molecule has 7 N–H and O–H groups in total. The number of nitrogens with zero attached hydrogens (tertiary/aromatic N) is 3. The quantitative estimate of drug-likeness (QED) is 0.417. The Balaban J connectivity index is 0.000000239. The first kappa shape index (κ1) is 24.6. The van der Waals surface area contributed by atoms with Crippen LogP contribution in [0.25, 0.3) is 0 Å². The van der Waals surface area contributed by atoms with Gasteiger partial charge in [-0.2, -0.15) is 15.0 Å². The molecule has 1 aliphatic heterocycles. The lowest BCUT2D eigenvalue weighted by Gasteiger charge is -2.61. The second kappa shape index (κ2) is 8.39. The molecule has 0 radical (unpaired) electrons. The number of rotatable bonds is 1. The van der Waals surface area contributed by atoms with E-state index in [2.05, 4.69) is 28.8 Å². The highest BCUT2D eigenvalue weighted by Gasteiger charge is 2.80. The Kier molecular flexibility index (Phi) is 5.58. The first-order chi connectivity index (χ1) is 17.6. The molecule has 2 aromatic heterocycles. The summed E-state index contributed by atoms with van der Waals surface area (Å²) in [6, 6.07) is 3.55. The molecule has 3 heterocycles. The third kappa shape index (κ3) is 3.66. The normalized spacial score (nSPS) is 43.3. The zero-order valence-electron chi connectivity index (χ0n) is 21.6. The van der Waals surface area contributed by atoms with Gasteiger partial charge in [0, 0.05) is 11.5 Å². The van der Waals surface area contributed by atoms with E-state index in [0.29, 0.717) is 29.3 Å². The second-order valence-corrected chi connectivity index (χ2v) is 12.4. The third-order valence-corrected chi connectivity index (χ3v) is 10.9. The molecule has 0 unspecified atom stereocenters. The summed E-state index contributed by atoms with van der Waals surface area (Å²) in [5.41, 5.74) is 16.9. The van der Waals surface area contributed by atoms with Crippen LogP contribution in [-0.2, 0) is 4.74 Å². The van der Waals surface area contributed by atoms with Crippen LogP contribution in [0.2, 0.25) is 0 Å². The van der Waals surface area contributed by atoms with Gasteiger partial charge in [0.1, 0.15) is 5.60 Å². The van der Waals surface area contributed by atoms with Crippen molar-refractivity contribution in [2.45, 2.75) is 88.9 Å². The maximum absolute atomic E-state index is 11.4. The number of hydrogen-bond acceptors (Lipinski definition) is 10. The number of ether oxygens (including phenoxy) is 1. The predicted octanol–water partition coefficient (Wildman–Crippen LogP) is 2.88. The van der Waals surface area contributed by atoms with Crippen molar-refractivity contribution in [3.8, 4) is 0 Å². The number of anilines is 3. The largest absolute Gasteiger partial charge is 0.431 e. The summed E-state index contributed by atoms with van der Waals surface area (Å²) in [6.45, 7) is 4.97. The van der Waals surface area contributed by atoms with Gasteiger partial charge in [-0.1, -0.05) is 13.8 Å². The number of hydrogen-bond donors (Lipinski definition) is 4. The van der Waals surface area contributed by atoms with Crippen LogP contribution in [0.4, 0.5) is 17.8 Å². The molecule has 37 heavy (non-hydrogen) atoms. The maximum Gasteiger partial charge on any atom is 0.335 e. The number of nitrogens with two attached hydrogens (primary N) is 3. The van der Waals surface area contributed by atoms with Crippen molar-refractivity contribution < 1.29 is 14.3 Å². The van der Waals surface area contributed by atoms with Crippen molar-refractivity contribution in [2.75, 3.05) is 17.2 Å². The SMILES string of the molecule is C[C@]12CC[C@H](O)C[C@H]1CC[C@@H]1[C@@H]2CC[C@]2(C)[C@@H](c3ccc(=O)oc3)C[C@H]3O[C@]132.Nc1nc(N)nc(N)n1. The van der Waals surface area contributed by atoms with E-state index in [1.165, 1.54) is 37.7 Å². The average Bonchev–Trinajstić information content (AvgIpc) is 3.49. The van der Waals surface area contributed by atoms with Crippen molar-refractivity contribution in [1.29, 1.82) is 0 Å². The van der Waals surface area contributed by atoms with E-state index >= 15 is 0 Å². The average molecular weight is 511 g/mol. The zero-order chi connectivity index (χ0) is 26.2. The van der Waals surface area contributed by atoms with E-state index in [0.717, 1.165) is 25.2 Å². The van der Waals surface area contributed by atoms with E-state index < -0.39 is 0 Å². The summed E-state index contributed by atoms with van der Waals surface area (Å²) < 4.78 is 11.8. The van der Waals surface area contributed by atoms with Crippen LogP contribution in [0.5, 0.6) is 0 Å². The molecule has 9 atom stereocenters. The van der Waals surface area contributed by atoms with Crippen LogP contribution >= 0.6 is 0 Å². The smallest absolute Gasteiger partial charge is 0.335 e. The Morgan fingerprint density at radius 2 is 1.62 bits per heavy atom. The van der Waals surface area contributed by atoms with Gasteiger partial charge in [-0.15, -0.1) is 0 Å². The number of nitrogen functional groups attached to an aromatic ring is 3. The van der Waals surface area contributed by atoms with E-state index in [1.807, 2.05) is 6.07 Å². The molecule has 1 saturated heterocycles. The van der Waals surface area contributed by atoms with Gasteiger partial charge in [0.2, 0.25) is 17.8 Å². The highest BCUT2D eigenvalue weighted by atomic mass is 16.6. The minimum Gasteiger partial charge on any atom is -0.431 e. The second-order valence-electron chi connectivity index (χ2n) is 12.4. The lowest BCUT2D eigenvalue weighted by atomic mass is 9.44. The first-order valence-electron chi connectivity index (χ1n) is 13.5. The van der Waals surface area contributed by atoms with Gasteiger partial charge in [0.15, 0.2) is 0 Å². The number of aromatic nitrogens is 3. The molecule has 7 rings (SSSR count). The molecule has 4 aliphatic carbocycles. The molecule has 0 amide bonds. The van der Waals surface area contributed by atoms with Gasteiger partial charge in [0.25, 0.3) is 0 Å². The molecule has 0 bridgehead atoms. The van der Waals surface area contributed by atoms with Crippen molar-refractivity contribution in [1.82, 2.24) is 15.0 Å². The highest BCUT2D eigenvalue weighted by molar-refractivity contribution is 5.35. The van der Waals surface area contributed by atoms with Crippen LogP contribution in [0.1, 0.15) is 76.7 Å². The standard InChI is InChI=1S/C24H32O4.C3H6N6/c1-22-9-7-16(25)11-15(22)4-5-18-17(22)8-10-23(2)19(12-20-24(18,23)28-20)14-3-6-21(26)27-13-14;4-1-7-2(5)9-3(6)8-1/h3,6,13,15-20,25H,4-5,7-12H2,1-2H3;(H6,4,5,6,7,8,9)/t15-,16+,17+,18-,19-,20-,22+,23-,24-;/m1./s1. The molecule has 10 nitrogen and oxygen atoms in total. The molecule has 5 aliphatic rings. The topological polar surface area (TPSA) is 180 Å². The van der Waals surface area contributed by atoms with Gasteiger partial charge in [0.05, 0.1) is 18.5 Å². The van der Waals surface area contributed by atoms with Crippen molar-refractivity contribution in [3.63, 3.8) is 0 Å². The monoisotopic (exact) mass is 510 g/mol. The summed E-state index contributed by atoms with van der Waals surface area (Å²) >= 11 is 0. The number of aliphatic hydroxyl groups excluding tert-OH is 1. The minimum absolute atomic E-state index is 0.0285. The van der Waals surface area contributed by atoms with Crippen LogP contribution < -0.4 is 22.8 Å². The number of fused-ring (bicyclic) bond motifs is 3. The van der Waals surface area contributed by atoms with Crippen molar-refractivity contribution in [3.05, 3.63) is 34.4 Å². The van der Waals surface area contributed by atoms with Gasteiger partial charge >= 0.3 is 5.63 Å². The fourth-order valence-corrected chi connectivity index (χ4v) is 9.17. The van der Waals surface area contributed by atoms with E-state index in [-0.39, 0.29) is 40.6 Å². The van der Waals surface area contributed by atoms with Gasteiger partial charge < -0.3 is 31.5 Å². The van der Waals surface area contributed by atoms with Crippen LogP contribution in [0.15, 0.2) is 27.6 Å². The molecular formula is C27H38N6O4. The fraction of sp³-hybridized carbons (Fsp3) is 0.704. The maximum atomic E-state index is 11.4. The molecule has 0 aromatic carbocycles. The summed E-state index contributed by atoms with van der Waals surface area (Å²) in [5, 5.41) is 10.2. The summed E-state index contributed by atoms with van der Waals surface area (Å²) in [7, 11) is 0. The molecular weight excluding hydrogens is 472 g/mol. The molecule has 4 saturated carbocycles. The van der Waals surface area contributed by atoms with E-state index in [4.69, 9.17) is 26.4 Å². The molecule has 200 valence electrons. The zero-order valence-corrected chi connectivity index (χ0v) is 21.6. The molecule has 10 heteroatoms. The van der Waals surface area contributed by atoms with Crippen LogP contribution in [-0.4, -0.2) is 37.9 Å². The molecule has 2 aromatic rings. The Morgan fingerprint density at radius 3 is 2.27 bits per heavy atom. The highest BCUT2D eigenvalue weighted by Crippen LogP contribution is 2.77. The Morgan fingerprint density at radius 1 is 0.919 bits per heavy atom. The fourth-order valence-electron chi connectivity index (χ4n) is 9.17. The Bertz CT molecular complexity index is 1180. The molecule has 5 fully saturated rings.